The van der Waals surface area contributed by atoms with Gasteiger partial charge in [0.25, 0.3) is 5.91 Å². The van der Waals surface area contributed by atoms with Gasteiger partial charge < -0.3 is 15.2 Å². The van der Waals surface area contributed by atoms with Gasteiger partial charge in [0.2, 0.25) is 0 Å². The molecule has 0 saturated heterocycles. The molecule has 0 heterocycles. The molecule has 1 aromatic carbocycles. The summed E-state index contributed by atoms with van der Waals surface area (Å²) in [5.74, 6) is -0.539. The average Bonchev–Trinajstić information content (AvgIpc) is 2.35. The van der Waals surface area contributed by atoms with E-state index in [2.05, 4.69) is 5.32 Å². The molecule has 1 aromatic rings. The molecule has 2 N–H and O–H groups in total. The maximum Gasteiger partial charge on any atom is 0.251 e. The standard InChI is InChI=1S/C15H22FNO3/c1-10(2)8-15(3,19)9-17-14(18)11-5-6-12(16)13(7-11)20-4/h5-7,10,19H,8-9H2,1-4H3,(H,17,18). The van der Waals surface area contributed by atoms with Gasteiger partial charge in [-0.3, -0.25) is 4.79 Å². The molecule has 0 bridgehead atoms. The summed E-state index contributed by atoms with van der Waals surface area (Å²) in [6.45, 7) is 5.82. The lowest BCUT2D eigenvalue weighted by atomic mass is 9.94. The number of rotatable bonds is 6. The molecule has 1 amide bonds. The van der Waals surface area contributed by atoms with Crippen LogP contribution >= 0.6 is 0 Å². The van der Waals surface area contributed by atoms with Gasteiger partial charge in [-0.15, -0.1) is 0 Å². The number of amides is 1. The molecule has 1 rings (SSSR count). The van der Waals surface area contributed by atoms with Crippen molar-refractivity contribution < 1.29 is 19.0 Å². The third kappa shape index (κ3) is 4.81. The summed E-state index contributed by atoms with van der Waals surface area (Å²) in [4.78, 5) is 12.0. The summed E-state index contributed by atoms with van der Waals surface area (Å²) < 4.78 is 18.1. The third-order valence-corrected chi connectivity index (χ3v) is 2.89. The first-order valence-corrected chi connectivity index (χ1v) is 6.59. The van der Waals surface area contributed by atoms with Gasteiger partial charge in [-0.1, -0.05) is 13.8 Å². The van der Waals surface area contributed by atoms with Crippen LogP contribution in [-0.4, -0.2) is 30.3 Å². The molecule has 1 unspecified atom stereocenters. The van der Waals surface area contributed by atoms with Gasteiger partial charge in [0.1, 0.15) is 0 Å². The SMILES string of the molecule is COc1cc(C(=O)NCC(C)(O)CC(C)C)ccc1F. The Balaban J connectivity index is 2.68. The first kappa shape index (κ1) is 16.4. The summed E-state index contributed by atoms with van der Waals surface area (Å²) >= 11 is 0. The molecule has 4 nitrogen and oxygen atoms in total. The van der Waals surface area contributed by atoms with Gasteiger partial charge in [0.05, 0.1) is 12.7 Å². The lowest BCUT2D eigenvalue weighted by molar-refractivity contribution is 0.0368. The van der Waals surface area contributed by atoms with Crippen LogP contribution in [0, 0.1) is 11.7 Å². The lowest BCUT2D eigenvalue weighted by Gasteiger charge is -2.25. The highest BCUT2D eigenvalue weighted by Crippen LogP contribution is 2.19. The Hall–Kier alpha value is -1.62. The van der Waals surface area contributed by atoms with Crippen LogP contribution in [0.2, 0.25) is 0 Å². The maximum absolute atomic E-state index is 13.3. The van der Waals surface area contributed by atoms with E-state index in [4.69, 9.17) is 4.74 Å². The van der Waals surface area contributed by atoms with Crippen molar-refractivity contribution in [3.8, 4) is 5.75 Å². The van der Waals surface area contributed by atoms with Crippen LogP contribution in [0.3, 0.4) is 0 Å². The predicted molar refractivity (Wildman–Crippen MR) is 75.4 cm³/mol. The first-order chi connectivity index (χ1) is 9.25. The van der Waals surface area contributed by atoms with E-state index in [9.17, 15) is 14.3 Å². The third-order valence-electron chi connectivity index (χ3n) is 2.89. The number of benzene rings is 1. The highest BCUT2D eigenvalue weighted by atomic mass is 19.1. The van der Waals surface area contributed by atoms with Crippen LogP contribution < -0.4 is 10.1 Å². The van der Waals surface area contributed by atoms with Gasteiger partial charge in [-0.2, -0.15) is 0 Å². The van der Waals surface area contributed by atoms with E-state index in [1.165, 1.54) is 25.3 Å². The van der Waals surface area contributed by atoms with Crippen molar-refractivity contribution in [2.75, 3.05) is 13.7 Å². The molecule has 0 radical (unpaired) electrons. The molecule has 20 heavy (non-hydrogen) atoms. The first-order valence-electron chi connectivity index (χ1n) is 6.59. The van der Waals surface area contributed by atoms with Crippen LogP contribution in [0.25, 0.3) is 0 Å². The normalized spacial score (nSPS) is 13.9. The van der Waals surface area contributed by atoms with E-state index in [0.29, 0.717) is 17.9 Å². The summed E-state index contributed by atoms with van der Waals surface area (Å²) in [6, 6.07) is 3.90. The van der Waals surface area contributed by atoms with E-state index >= 15 is 0 Å². The van der Waals surface area contributed by atoms with Crippen molar-refractivity contribution in [3.05, 3.63) is 29.6 Å². The molecule has 0 fully saturated rings. The van der Waals surface area contributed by atoms with Crippen LogP contribution in [0.15, 0.2) is 18.2 Å². The molecule has 0 aliphatic carbocycles. The molecule has 0 saturated carbocycles. The predicted octanol–water partition coefficient (Wildman–Crippen LogP) is 2.36. The van der Waals surface area contributed by atoms with E-state index in [0.717, 1.165) is 0 Å². The van der Waals surface area contributed by atoms with Crippen molar-refractivity contribution >= 4 is 5.91 Å². The second-order valence-electron chi connectivity index (χ2n) is 5.63. The zero-order valence-electron chi connectivity index (χ0n) is 12.4. The highest BCUT2D eigenvalue weighted by molar-refractivity contribution is 5.94. The van der Waals surface area contributed by atoms with Gasteiger partial charge in [-0.25, -0.2) is 4.39 Å². The summed E-state index contributed by atoms with van der Waals surface area (Å²) in [5.41, 5.74) is -0.669. The molecular formula is C15H22FNO3. The maximum atomic E-state index is 13.3. The van der Waals surface area contributed by atoms with Crippen LogP contribution in [0.5, 0.6) is 5.75 Å². The van der Waals surface area contributed by atoms with Crippen LogP contribution in [0.4, 0.5) is 4.39 Å². The van der Waals surface area contributed by atoms with Crippen molar-refractivity contribution in [1.29, 1.82) is 0 Å². The Morgan fingerprint density at radius 2 is 2.15 bits per heavy atom. The number of halogens is 1. The summed E-state index contributed by atoms with van der Waals surface area (Å²) in [5, 5.41) is 12.8. The molecule has 5 heteroatoms. The van der Waals surface area contributed by atoms with Crippen LogP contribution in [0.1, 0.15) is 37.6 Å². The molecule has 0 aliphatic rings. The van der Waals surface area contributed by atoms with E-state index in [1.54, 1.807) is 6.92 Å². The average molecular weight is 283 g/mol. The zero-order chi connectivity index (χ0) is 15.3. The monoisotopic (exact) mass is 283 g/mol. The number of carbonyl (C=O) groups is 1. The lowest BCUT2D eigenvalue weighted by Crippen LogP contribution is -2.41. The van der Waals surface area contributed by atoms with E-state index < -0.39 is 11.4 Å². The number of nitrogens with one attached hydrogen (secondary N) is 1. The largest absolute Gasteiger partial charge is 0.494 e. The van der Waals surface area contributed by atoms with Gasteiger partial charge >= 0.3 is 0 Å². The minimum Gasteiger partial charge on any atom is -0.494 e. The number of ether oxygens (including phenoxy) is 1. The number of aliphatic hydroxyl groups is 1. The van der Waals surface area contributed by atoms with Crippen molar-refractivity contribution in [3.63, 3.8) is 0 Å². The molecule has 0 aromatic heterocycles. The van der Waals surface area contributed by atoms with Gasteiger partial charge in [-0.05, 0) is 37.5 Å². The Labute approximate surface area is 119 Å². The summed E-state index contributed by atoms with van der Waals surface area (Å²) in [7, 11) is 1.34. The van der Waals surface area contributed by atoms with Gasteiger partial charge in [0.15, 0.2) is 11.6 Å². The Morgan fingerprint density at radius 3 is 2.70 bits per heavy atom. The van der Waals surface area contributed by atoms with Gasteiger partial charge in [0, 0.05) is 12.1 Å². The number of carbonyl (C=O) groups excluding carboxylic acids is 1. The Kier molecular flexibility index (Phi) is 5.51. The smallest absolute Gasteiger partial charge is 0.251 e. The topological polar surface area (TPSA) is 58.6 Å². The highest BCUT2D eigenvalue weighted by Gasteiger charge is 2.23. The van der Waals surface area contributed by atoms with Crippen LogP contribution in [-0.2, 0) is 0 Å². The fourth-order valence-electron chi connectivity index (χ4n) is 2.13. The van der Waals surface area contributed by atoms with Crippen molar-refractivity contribution in [2.45, 2.75) is 32.8 Å². The second-order valence-corrected chi connectivity index (χ2v) is 5.63. The number of hydrogen-bond acceptors (Lipinski definition) is 3. The fourth-order valence-corrected chi connectivity index (χ4v) is 2.13. The van der Waals surface area contributed by atoms with Crippen molar-refractivity contribution in [1.82, 2.24) is 5.32 Å². The summed E-state index contributed by atoms with van der Waals surface area (Å²) in [6.07, 6.45) is 0.583. The minimum absolute atomic E-state index is 0.0200. The van der Waals surface area contributed by atoms with E-state index in [-0.39, 0.29) is 18.2 Å². The zero-order valence-corrected chi connectivity index (χ0v) is 12.4. The quantitative estimate of drug-likeness (QED) is 0.842. The molecule has 0 spiro atoms. The molecule has 112 valence electrons. The molecule has 1 atom stereocenters. The molecule has 0 aliphatic heterocycles. The second kappa shape index (κ2) is 6.70. The Morgan fingerprint density at radius 1 is 1.50 bits per heavy atom. The minimum atomic E-state index is -0.964. The van der Waals surface area contributed by atoms with Crippen molar-refractivity contribution in [2.24, 2.45) is 5.92 Å². The Bertz CT molecular complexity index is 472. The molecular weight excluding hydrogens is 261 g/mol. The fraction of sp³-hybridized carbons (Fsp3) is 0.533. The number of methoxy groups -OCH3 is 1. The van der Waals surface area contributed by atoms with E-state index in [1.807, 2.05) is 13.8 Å². The number of hydrogen-bond donors (Lipinski definition) is 2.